The molecule has 0 unspecified atom stereocenters. The Morgan fingerprint density at radius 3 is 2.08 bits per heavy atom. The summed E-state index contributed by atoms with van der Waals surface area (Å²) in [4.78, 5) is 11.4. The molecule has 3 nitrogen and oxygen atoms in total. The smallest absolute Gasteiger partial charge is 0.332 e. The van der Waals surface area contributed by atoms with Gasteiger partial charge in [0.15, 0.2) is 0 Å². The maximum atomic E-state index is 11.8. The molecule has 7 heteroatoms. The summed E-state index contributed by atoms with van der Waals surface area (Å²) in [5.41, 5.74) is 0. The Morgan fingerprint density at radius 1 is 1.23 bits per heavy atom. The molecular weight excluding hydrogens is 209 g/mol. The molecule has 1 aliphatic heterocycles. The van der Waals surface area contributed by atoms with E-state index in [0.717, 1.165) is 4.90 Å². The van der Waals surface area contributed by atoms with E-state index in [1.807, 2.05) is 0 Å². The van der Waals surface area contributed by atoms with Gasteiger partial charge in [0.2, 0.25) is 0 Å². The summed E-state index contributed by atoms with van der Waals surface area (Å²) in [6.07, 6.45) is -4.72. The highest BCUT2D eigenvalue weighted by atomic mass is 35.5. The standard InChI is InChI=1S/C6H9F3N2O.ClH/c7-6(8,9)5(12)11-3-1-10-2-4-11;/h10H,1-4H2;1H. The minimum Gasteiger partial charge on any atom is -0.332 e. The van der Waals surface area contributed by atoms with Gasteiger partial charge >= 0.3 is 12.1 Å². The number of alkyl halides is 3. The van der Waals surface area contributed by atoms with Crippen LogP contribution in [0.3, 0.4) is 0 Å². The van der Waals surface area contributed by atoms with Crippen molar-refractivity contribution in [3.05, 3.63) is 0 Å². The number of amides is 1. The van der Waals surface area contributed by atoms with Crippen LogP contribution in [-0.2, 0) is 4.79 Å². The second-order valence-corrected chi connectivity index (χ2v) is 2.54. The first-order valence-corrected chi connectivity index (χ1v) is 3.58. The Labute approximate surface area is 79.7 Å². The number of carbonyl (C=O) groups excluding carboxylic acids is 1. The van der Waals surface area contributed by atoms with Crippen LogP contribution in [0.4, 0.5) is 13.2 Å². The number of rotatable bonds is 0. The van der Waals surface area contributed by atoms with Crippen LogP contribution in [0.5, 0.6) is 0 Å². The molecule has 0 saturated carbocycles. The third kappa shape index (κ3) is 3.40. The molecule has 1 N–H and O–H groups in total. The van der Waals surface area contributed by atoms with Crippen LogP contribution in [0.15, 0.2) is 0 Å². The average molecular weight is 219 g/mol. The monoisotopic (exact) mass is 218 g/mol. The first-order chi connectivity index (χ1) is 5.52. The highest BCUT2D eigenvalue weighted by Crippen LogP contribution is 2.18. The van der Waals surface area contributed by atoms with E-state index in [2.05, 4.69) is 5.32 Å². The van der Waals surface area contributed by atoms with Gasteiger partial charge in [0.1, 0.15) is 0 Å². The molecule has 13 heavy (non-hydrogen) atoms. The quantitative estimate of drug-likeness (QED) is 0.639. The van der Waals surface area contributed by atoms with E-state index < -0.39 is 12.1 Å². The number of nitrogens with zero attached hydrogens (tertiary/aromatic N) is 1. The summed E-state index contributed by atoms with van der Waals surface area (Å²) in [6, 6.07) is 0. The van der Waals surface area contributed by atoms with Crippen molar-refractivity contribution < 1.29 is 18.0 Å². The molecule has 78 valence electrons. The molecular formula is C6H10ClF3N2O. The molecule has 0 spiro atoms. The normalized spacial score (nSPS) is 17.9. The van der Waals surface area contributed by atoms with E-state index in [4.69, 9.17) is 0 Å². The van der Waals surface area contributed by atoms with E-state index in [0.29, 0.717) is 13.1 Å². The van der Waals surface area contributed by atoms with Crippen LogP contribution in [-0.4, -0.2) is 43.2 Å². The molecule has 1 fully saturated rings. The lowest BCUT2D eigenvalue weighted by Gasteiger charge is -2.27. The Kier molecular flexibility index (Phi) is 4.49. The highest BCUT2D eigenvalue weighted by Gasteiger charge is 2.42. The van der Waals surface area contributed by atoms with Crippen LogP contribution in [0.2, 0.25) is 0 Å². The van der Waals surface area contributed by atoms with Gasteiger partial charge in [-0.2, -0.15) is 13.2 Å². The van der Waals surface area contributed by atoms with Gasteiger partial charge in [-0.15, -0.1) is 12.4 Å². The second-order valence-electron chi connectivity index (χ2n) is 2.54. The second kappa shape index (κ2) is 4.66. The van der Waals surface area contributed by atoms with Crippen LogP contribution in [0, 0.1) is 0 Å². The summed E-state index contributed by atoms with van der Waals surface area (Å²) >= 11 is 0. The summed E-state index contributed by atoms with van der Waals surface area (Å²) in [5.74, 6) is -1.73. The Hall–Kier alpha value is -0.490. The molecule has 0 aliphatic carbocycles. The van der Waals surface area contributed by atoms with E-state index >= 15 is 0 Å². The third-order valence-electron chi connectivity index (χ3n) is 1.65. The molecule has 1 amide bonds. The molecule has 1 rings (SSSR count). The van der Waals surface area contributed by atoms with Crippen molar-refractivity contribution in [2.45, 2.75) is 6.18 Å². The molecule has 0 aromatic heterocycles. The summed E-state index contributed by atoms with van der Waals surface area (Å²) in [5, 5.41) is 2.86. The number of piperazine rings is 1. The van der Waals surface area contributed by atoms with Crippen molar-refractivity contribution in [1.82, 2.24) is 10.2 Å². The lowest BCUT2D eigenvalue weighted by molar-refractivity contribution is -0.185. The van der Waals surface area contributed by atoms with Gasteiger partial charge in [0, 0.05) is 26.2 Å². The number of hydrogen-bond donors (Lipinski definition) is 1. The zero-order chi connectivity index (χ0) is 9.19. The molecule has 0 aromatic rings. The number of halogens is 4. The highest BCUT2D eigenvalue weighted by molar-refractivity contribution is 5.85. The van der Waals surface area contributed by atoms with Gasteiger partial charge in [0.25, 0.3) is 0 Å². The van der Waals surface area contributed by atoms with Crippen molar-refractivity contribution >= 4 is 18.3 Å². The lowest BCUT2D eigenvalue weighted by Crippen LogP contribution is -2.50. The van der Waals surface area contributed by atoms with E-state index in [9.17, 15) is 18.0 Å². The van der Waals surface area contributed by atoms with Crippen molar-refractivity contribution in [2.75, 3.05) is 26.2 Å². The van der Waals surface area contributed by atoms with Gasteiger partial charge in [0.05, 0.1) is 0 Å². The van der Waals surface area contributed by atoms with Gasteiger partial charge in [-0.25, -0.2) is 0 Å². The van der Waals surface area contributed by atoms with Gasteiger partial charge < -0.3 is 10.2 Å². The van der Waals surface area contributed by atoms with Crippen molar-refractivity contribution in [3.8, 4) is 0 Å². The molecule has 0 radical (unpaired) electrons. The lowest BCUT2D eigenvalue weighted by atomic mass is 10.3. The third-order valence-corrected chi connectivity index (χ3v) is 1.65. The molecule has 1 aliphatic rings. The predicted octanol–water partition coefficient (Wildman–Crippen LogP) is 0.402. The molecule has 1 heterocycles. The molecule has 0 atom stereocenters. The molecule has 0 bridgehead atoms. The molecule has 0 aromatic carbocycles. The Balaban J connectivity index is 0.00000144. The van der Waals surface area contributed by atoms with E-state index in [1.165, 1.54) is 0 Å². The first kappa shape index (κ1) is 12.5. The minimum atomic E-state index is -4.72. The van der Waals surface area contributed by atoms with E-state index in [1.54, 1.807) is 0 Å². The number of carbonyl (C=O) groups is 1. The maximum Gasteiger partial charge on any atom is 0.471 e. The van der Waals surface area contributed by atoms with Crippen molar-refractivity contribution in [2.24, 2.45) is 0 Å². The largest absolute Gasteiger partial charge is 0.471 e. The fraction of sp³-hybridized carbons (Fsp3) is 0.833. The molecule has 1 saturated heterocycles. The van der Waals surface area contributed by atoms with E-state index in [-0.39, 0.29) is 25.5 Å². The number of hydrogen-bond acceptors (Lipinski definition) is 2. The number of nitrogens with one attached hydrogen (secondary N) is 1. The fourth-order valence-electron chi connectivity index (χ4n) is 1.05. The summed E-state index contributed by atoms with van der Waals surface area (Å²) in [6.45, 7) is 1.14. The fourth-order valence-corrected chi connectivity index (χ4v) is 1.05. The summed E-state index contributed by atoms with van der Waals surface area (Å²) < 4.78 is 35.5. The first-order valence-electron chi connectivity index (χ1n) is 3.58. The Morgan fingerprint density at radius 2 is 1.69 bits per heavy atom. The minimum absolute atomic E-state index is 0. The van der Waals surface area contributed by atoms with Gasteiger partial charge in [-0.05, 0) is 0 Å². The topological polar surface area (TPSA) is 32.3 Å². The Bertz CT molecular complexity index is 179. The summed E-state index contributed by atoms with van der Waals surface area (Å²) in [7, 11) is 0. The zero-order valence-electron chi connectivity index (χ0n) is 6.73. The van der Waals surface area contributed by atoms with Gasteiger partial charge in [-0.3, -0.25) is 4.79 Å². The van der Waals surface area contributed by atoms with Crippen LogP contribution < -0.4 is 5.32 Å². The van der Waals surface area contributed by atoms with Crippen LogP contribution >= 0.6 is 12.4 Å². The SMILES string of the molecule is Cl.O=C(N1CCNCC1)C(F)(F)F. The maximum absolute atomic E-state index is 11.8. The predicted molar refractivity (Wildman–Crippen MR) is 42.8 cm³/mol. The average Bonchev–Trinajstić information content (AvgIpc) is 2.03. The van der Waals surface area contributed by atoms with Crippen LogP contribution in [0.1, 0.15) is 0 Å². The van der Waals surface area contributed by atoms with Crippen molar-refractivity contribution in [1.29, 1.82) is 0 Å². The van der Waals surface area contributed by atoms with Gasteiger partial charge in [-0.1, -0.05) is 0 Å². The van der Waals surface area contributed by atoms with Crippen LogP contribution in [0.25, 0.3) is 0 Å². The zero-order valence-corrected chi connectivity index (χ0v) is 7.54. The van der Waals surface area contributed by atoms with Crippen molar-refractivity contribution in [3.63, 3.8) is 0 Å².